The minimum atomic E-state index is -0.427. The van der Waals surface area contributed by atoms with Gasteiger partial charge in [0, 0.05) is 32.7 Å². The van der Waals surface area contributed by atoms with Crippen molar-refractivity contribution in [1.29, 1.82) is 0 Å². The number of carbonyl (C=O) groups is 2. The Hall–Kier alpha value is -2.18. The molecular formula is C17H23N5O2. The van der Waals surface area contributed by atoms with E-state index in [0.29, 0.717) is 13.1 Å². The van der Waals surface area contributed by atoms with Gasteiger partial charge in [-0.2, -0.15) is 0 Å². The number of aromatic nitrogens is 2. The van der Waals surface area contributed by atoms with Gasteiger partial charge in [0.05, 0.1) is 23.5 Å². The second kappa shape index (κ2) is 6.03. The molecule has 3 amide bonds. The highest BCUT2D eigenvalue weighted by molar-refractivity contribution is 6.00. The lowest BCUT2D eigenvalue weighted by molar-refractivity contribution is -0.127. The summed E-state index contributed by atoms with van der Waals surface area (Å²) in [6.45, 7) is 3.69. The molecule has 1 aromatic rings. The molecule has 4 rings (SSSR count). The number of hydrogen-bond donors (Lipinski definition) is 0. The van der Waals surface area contributed by atoms with Crippen LogP contribution in [0.1, 0.15) is 32.1 Å². The minimum Gasteiger partial charge on any atom is -0.325 e. The smallest absolute Gasteiger partial charge is 0.320 e. The van der Waals surface area contributed by atoms with Crippen LogP contribution in [0.4, 0.5) is 10.5 Å². The Kier molecular flexibility index (Phi) is 3.86. The van der Waals surface area contributed by atoms with E-state index in [1.54, 1.807) is 17.3 Å². The summed E-state index contributed by atoms with van der Waals surface area (Å²) in [5.74, 6) is 0.122. The molecule has 3 fully saturated rings. The summed E-state index contributed by atoms with van der Waals surface area (Å²) in [5.41, 5.74) is 0.325. The van der Waals surface area contributed by atoms with Crippen molar-refractivity contribution in [3.63, 3.8) is 0 Å². The maximum absolute atomic E-state index is 13.1. The number of piperidine rings is 1. The number of likely N-dealkylation sites (tertiary alicyclic amines) is 2. The predicted octanol–water partition coefficient (Wildman–Crippen LogP) is 1.51. The molecule has 0 aliphatic carbocycles. The zero-order valence-corrected chi connectivity index (χ0v) is 13.9. The molecule has 3 aliphatic heterocycles. The molecule has 0 radical (unpaired) electrons. The van der Waals surface area contributed by atoms with Crippen LogP contribution in [0, 0.1) is 5.41 Å². The van der Waals surface area contributed by atoms with E-state index in [2.05, 4.69) is 9.97 Å². The molecule has 0 bridgehead atoms. The lowest BCUT2D eigenvalue weighted by Gasteiger charge is -2.40. The van der Waals surface area contributed by atoms with Crippen LogP contribution in [0.15, 0.2) is 18.7 Å². The molecule has 1 spiro atoms. The van der Waals surface area contributed by atoms with Crippen molar-refractivity contribution < 1.29 is 9.59 Å². The van der Waals surface area contributed by atoms with Gasteiger partial charge in [0.1, 0.15) is 6.33 Å². The van der Waals surface area contributed by atoms with Gasteiger partial charge in [-0.15, -0.1) is 0 Å². The standard InChI is InChI=1S/C17H23N5O2/c23-15-17(5-9-22(15)14-10-18-13-19-11-14)4-3-8-21(12-17)16(24)20-6-1-2-7-20/h10-11,13H,1-9,12H2/t17-/m0/s1. The summed E-state index contributed by atoms with van der Waals surface area (Å²) in [7, 11) is 0. The lowest BCUT2D eigenvalue weighted by Crippen LogP contribution is -2.53. The van der Waals surface area contributed by atoms with Gasteiger partial charge in [-0.3, -0.25) is 4.79 Å². The summed E-state index contributed by atoms with van der Waals surface area (Å²) >= 11 is 0. The number of amides is 3. The first-order valence-electron chi connectivity index (χ1n) is 8.80. The van der Waals surface area contributed by atoms with Gasteiger partial charge in [0.15, 0.2) is 0 Å². The Morgan fingerprint density at radius 3 is 2.42 bits per heavy atom. The van der Waals surface area contributed by atoms with E-state index < -0.39 is 5.41 Å². The van der Waals surface area contributed by atoms with Crippen LogP contribution in [-0.2, 0) is 4.79 Å². The third-order valence-electron chi connectivity index (χ3n) is 5.60. The number of hydrogen-bond acceptors (Lipinski definition) is 4. The van der Waals surface area contributed by atoms with Gasteiger partial charge >= 0.3 is 6.03 Å². The van der Waals surface area contributed by atoms with E-state index >= 15 is 0 Å². The molecule has 0 saturated carbocycles. The Bertz CT molecular complexity index is 631. The first-order valence-corrected chi connectivity index (χ1v) is 8.80. The highest BCUT2D eigenvalue weighted by Gasteiger charge is 2.50. The van der Waals surface area contributed by atoms with Crippen molar-refractivity contribution in [2.45, 2.75) is 32.1 Å². The molecule has 3 aliphatic rings. The molecule has 1 atom stereocenters. The zero-order chi connectivity index (χ0) is 16.6. The largest absolute Gasteiger partial charge is 0.325 e. The fourth-order valence-corrected chi connectivity index (χ4v) is 4.28. The molecule has 7 nitrogen and oxygen atoms in total. The molecule has 0 aromatic carbocycles. The van der Waals surface area contributed by atoms with Crippen LogP contribution >= 0.6 is 0 Å². The molecular weight excluding hydrogens is 306 g/mol. The SMILES string of the molecule is O=C(N1CCCC1)N1CCC[C@]2(CCN(c3cncnc3)C2=O)C1. The van der Waals surface area contributed by atoms with Crippen molar-refractivity contribution in [1.82, 2.24) is 19.8 Å². The van der Waals surface area contributed by atoms with Crippen LogP contribution in [0.25, 0.3) is 0 Å². The average Bonchev–Trinajstić information content (AvgIpc) is 3.26. The van der Waals surface area contributed by atoms with Crippen LogP contribution in [-0.4, -0.2) is 64.4 Å². The summed E-state index contributed by atoms with van der Waals surface area (Å²) < 4.78 is 0. The van der Waals surface area contributed by atoms with Gasteiger partial charge in [0.2, 0.25) is 5.91 Å². The number of urea groups is 1. The molecule has 0 N–H and O–H groups in total. The second-order valence-electron chi connectivity index (χ2n) is 7.09. The van der Waals surface area contributed by atoms with E-state index in [1.807, 2.05) is 9.80 Å². The molecule has 128 valence electrons. The van der Waals surface area contributed by atoms with Gasteiger partial charge < -0.3 is 14.7 Å². The van der Waals surface area contributed by atoms with Crippen LogP contribution in [0.3, 0.4) is 0 Å². The molecule has 7 heteroatoms. The Labute approximate surface area is 141 Å². The first-order chi connectivity index (χ1) is 11.7. The van der Waals surface area contributed by atoms with E-state index in [-0.39, 0.29) is 11.9 Å². The molecule has 4 heterocycles. The lowest BCUT2D eigenvalue weighted by atomic mass is 9.78. The maximum Gasteiger partial charge on any atom is 0.320 e. The Morgan fingerprint density at radius 2 is 1.67 bits per heavy atom. The second-order valence-corrected chi connectivity index (χ2v) is 7.09. The number of anilines is 1. The highest BCUT2D eigenvalue weighted by atomic mass is 16.2. The molecule has 0 unspecified atom stereocenters. The van der Waals surface area contributed by atoms with E-state index in [0.717, 1.165) is 57.4 Å². The monoisotopic (exact) mass is 329 g/mol. The quantitative estimate of drug-likeness (QED) is 0.783. The number of nitrogens with zero attached hydrogens (tertiary/aromatic N) is 5. The van der Waals surface area contributed by atoms with Gasteiger partial charge in [0.25, 0.3) is 0 Å². The average molecular weight is 329 g/mol. The normalized spacial score (nSPS) is 27.3. The van der Waals surface area contributed by atoms with Crippen molar-refractivity contribution in [2.75, 3.05) is 37.6 Å². The van der Waals surface area contributed by atoms with Gasteiger partial charge in [-0.25, -0.2) is 14.8 Å². The third-order valence-corrected chi connectivity index (χ3v) is 5.60. The van der Waals surface area contributed by atoms with Crippen molar-refractivity contribution >= 4 is 17.6 Å². The first kappa shape index (κ1) is 15.4. The van der Waals surface area contributed by atoms with Crippen molar-refractivity contribution in [3.8, 4) is 0 Å². The van der Waals surface area contributed by atoms with Crippen LogP contribution < -0.4 is 4.90 Å². The van der Waals surface area contributed by atoms with Crippen LogP contribution in [0.2, 0.25) is 0 Å². The van der Waals surface area contributed by atoms with E-state index in [4.69, 9.17) is 0 Å². The Balaban J connectivity index is 1.50. The van der Waals surface area contributed by atoms with Crippen molar-refractivity contribution in [2.24, 2.45) is 5.41 Å². The molecule has 24 heavy (non-hydrogen) atoms. The van der Waals surface area contributed by atoms with Gasteiger partial charge in [-0.1, -0.05) is 0 Å². The Morgan fingerprint density at radius 1 is 0.958 bits per heavy atom. The summed E-state index contributed by atoms with van der Waals surface area (Å²) in [4.78, 5) is 39.4. The van der Waals surface area contributed by atoms with Crippen molar-refractivity contribution in [3.05, 3.63) is 18.7 Å². The van der Waals surface area contributed by atoms with E-state index in [1.165, 1.54) is 6.33 Å². The minimum absolute atomic E-state index is 0.112. The number of carbonyl (C=O) groups excluding carboxylic acids is 2. The highest BCUT2D eigenvalue weighted by Crippen LogP contribution is 2.41. The maximum atomic E-state index is 13.1. The third kappa shape index (κ3) is 2.52. The molecule has 1 aromatic heterocycles. The summed E-state index contributed by atoms with van der Waals surface area (Å²) in [6.07, 6.45) is 9.56. The molecule has 3 saturated heterocycles. The van der Waals surface area contributed by atoms with Crippen LogP contribution in [0.5, 0.6) is 0 Å². The summed E-state index contributed by atoms with van der Waals surface area (Å²) in [5, 5.41) is 0. The fraction of sp³-hybridized carbons (Fsp3) is 0.647. The topological polar surface area (TPSA) is 69.6 Å². The number of rotatable bonds is 1. The summed E-state index contributed by atoms with van der Waals surface area (Å²) in [6, 6.07) is 0.112. The van der Waals surface area contributed by atoms with Gasteiger partial charge in [-0.05, 0) is 32.1 Å². The fourth-order valence-electron chi connectivity index (χ4n) is 4.28. The zero-order valence-electron chi connectivity index (χ0n) is 13.9. The van der Waals surface area contributed by atoms with E-state index in [9.17, 15) is 9.59 Å². The predicted molar refractivity (Wildman–Crippen MR) is 88.4 cm³/mol.